The summed E-state index contributed by atoms with van der Waals surface area (Å²) < 4.78 is 57.4. The van der Waals surface area contributed by atoms with Crippen molar-refractivity contribution in [1.82, 2.24) is 14.5 Å². The number of halogens is 2. The molecule has 1 heterocycles. The SMILES string of the molecule is COC(=O)N1CCN(CCNS(=O)(=O)c2ccc(F)cc2F)CC1. The van der Waals surface area contributed by atoms with E-state index in [-0.39, 0.29) is 12.6 Å². The molecular weight excluding hydrogens is 344 g/mol. The van der Waals surface area contributed by atoms with Gasteiger partial charge >= 0.3 is 6.09 Å². The molecule has 0 bridgehead atoms. The first-order valence-electron chi connectivity index (χ1n) is 7.33. The number of carbonyl (C=O) groups excluding carboxylic acids is 1. The number of amides is 1. The molecule has 0 unspecified atom stereocenters. The zero-order chi connectivity index (χ0) is 17.7. The standard InChI is InChI=1S/C14H19F2N3O4S/c1-23-14(20)19-8-6-18(7-9-19)5-4-17-24(21,22)13-3-2-11(15)10-12(13)16/h2-3,10,17H,4-9H2,1H3. The van der Waals surface area contributed by atoms with Gasteiger partial charge in [-0.3, -0.25) is 4.90 Å². The summed E-state index contributed by atoms with van der Waals surface area (Å²) in [5, 5.41) is 0. The maximum Gasteiger partial charge on any atom is 0.409 e. The van der Waals surface area contributed by atoms with Gasteiger partial charge in [-0.25, -0.2) is 26.7 Å². The summed E-state index contributed by atoms with van der Waals surface area (Å²) in [7, 11) is -2.72. The molecule has 24 heavy (non-hydrogen) atoms. The second kappa shape index (κ2) is 7.86. The number of rotatable bonds is 5. The summed E-state index contributed by atoms with van der Waals surface area (Å²) in [6.45, 7) is 2.65. The van der Waals surface area contributed by atoms with Crippen LogP contribution in [0.5, 0.6) is 0 Å². The normalized spacial score (nSPS) is 16.2. The van der Waals surface area contributed by atoms with Crippen LogP contribution in [0.1, 0.15) is 0 Å². The number of carbonyl (C=O) groups is 1. The Balaban J connectivity index is 1.83. The highest BCUT2D eigenvalue weighted by molar-refractivity contribution is 7.89. The van der Waals surface area contributed by atoms with Gasteiger partial charge in [0.05, 0.1) is 7.11 Å². The van der Waals surface area contributed by atoms with Crippen molar-refractivity contribution in [2.75, 3.05) is 46.4 Å². The van der Waals surface area contributed by atoms with E-state index in [1.54, 1.807) is 4.90 Å². The molecule has 1 aromatic rings. The van der Waals surface area contributed by atoms with Gasteiger partial charge in [-0.15, -0.1) is 0 Å². The van der Waals surface area contributed by atoms with Crippen LogP contribution in [0.2, 0.25) is 0 Å². The fourth-order valence-electron chi connectivity index (χ4n) is 2.39. The van der Waals surface area contributed by atoms with Crippen molar-refractivity contribution in [3.8, 4) is 0 Å². The maximum absolute atomic E-state index is 13.6. The van der Waals surface area contributed by atoms with Crippen molar-refractivity contribution in [2.45, 2.75) is 4.90 Å². The minimum Gasteiger partial charge on any atom is -0.453 e. The quantitative estimate of drug-likeness (QED) is 0.830. The van der Waals surface area contributed by atoms with E-state index in [0.29, 0.717) is 38.8 Å². The van der Waals surface area contributed by atoms with Crippen molar-refractivity contribution in [3.05, 3.63) is 29.8 Å². The van der Waals surface area contributed by atoms with E-state index in [9.17, 15) is 22.0 Å². The van der Waals surface area contributed by atoms with Gasteiger partial charge in [-0.2, -0.15) is 0 Å². The molecule has 0 aromatic heterocycles. The first-order chi connectivity index (χ1) is 11.3. The Morgan fingerprint density at radius 3 is 2.50 bits per heavy atom. The highest BCUT2D eigenvalue weighted by Crippen LogP contribution is 2.15. The number of benzene rings is 1. The Kier molecular flexibility index (Phi) is 6.08. The van der Waals surface area contributed by atoms with E-state index in [0.717, 1.165) is 12.1 Å². The number of methoxy groups -OCH3 is 1. The lowest BCUT2D eigenvalue weighted by Gasteiger charge is -2.33. The fraction of sp³-hybridized carbons (Fsp3) is 0.500. The average Bonchev–Trinajstić information content (AvgIpc) is 2.54. The van der Waals surface area contributed by atoms with E-state index in [1.807, 2.05) is 4.90 Å². The second-order valence-corrected chi connectivity index (χ2v) is 7.01. The third-order valence-corrected chi connectivity index (χ3v) is 5.20. The zero-order valence-electron chi connectivity index (χ0n) is 13.2. The Morgan fingerprint density at radius 2 is 1.92 bits per heavy atom. The molecule has 0 radical (unpaired) electrons. The van der Waals surface area contributed by atoms with Gasteiger partial charge in [0.2, 0.25) is 10.0 Å². The van der Waals surface area contributed by atoms with E-state index >= 15 is 0 Å². The molecule has 1 fully saturated rings. The van der Waals surface area contributed by atoms with Crippen molar-refractivity contribution < 1.29 is 26.7 Å². The molecule has 1 N–H and O–H groups in total. The number of piperazine rings is 1. The lowest BCUT2D eigenvalue weighted by molar-refractivity contribution is 0.0918. The van der Waals surface area contributed by atoms with Crippen LogP contribution in [-0.2, 0) is 14.8 Å². The Hall–Kier alpha value is -1.78. The molecule has 1 aromatic carbocycles. The van der Waals surface area contributed by atoms with Crippen LogP contribution in [-0.4, -0.2) is 70.7 Å². The molecule has 0 atom stereocenters. The molecule has 1 saturated heterocycles. The predicted molar refractivity (Wildman–Crippen MR) is 82.0 cm³/mol. The van der Waals surface area contributed by atoms with Gasteiger partial charge < -0.3 is 9.64 Å². The van der Waals surface area contributed by atoms with E-state index in [2.05, 4.69) is 9.46 Å². The summed E-state index contributed by atoms with van der Waals surface area (Å²) in [6.07, 6.45) is -0.387. The number of nitrogens with one attached hydrogen (secondary N) is 1. The van der Waals surface area contributed by atoms with Gasteiger partial charge in [0, 0.05) is 45.3 Å². The predicted octanol–water partition coefficient (Wildman–Crippen LogP) is 0.627. The van der Waals surface area contributed by atoms with Crippen LogP contribution in [0.25, 0.3) is 0 Å². The molecule has 0 aliphatic carbocycles. The maximum atomic E-state index is 13.6. The largest absolute Gasteiger partial charge is 0.453 e. The summed E-state index contributed by atoms with van der Waals surface area (Å²) in [6, 6.07) is 2.31. The zero-order valence-corrected chi connectivity index (χ0v) is 14.0. The summed E-state index contributed by atoms with van der Waals surface area (Å²) >= 11 is 0. The van der Waals surface area contributed by atoms with Gasteiger partial charge in [0.25, 0.3) is 0 Å². The highest BCUT2D eigenvalue weighted by atomic mass is 32.2. The van der Waals surface area contributed by atoms with Crippen LogP contribution >= 0.6 is 0 Å². The minimum absolute atomic E-state index is 0.0807. The number of nitrogens with zero attached hydrogens (tertiary/aromatic N) is 2. The molecular formula is C14H19F2N3O4S. The topological polar surface area (TPSA) is 79.0 Å². The second-order valence-electron chi connectivity index (χ2n) is 5.27. The molecule has 134 valence electrons. The van der Waals surface area contributed by atoms with Crippen LogP contribution in [0.15, 0.2) is 23.1 Å². The minimum atomic E-state index is -4.04. The lowest BCUT2D eigenvalue weighted by Crippen LogP contribution is -2.50. The van der Waals surface area contributed by atoms with Gasteiger partial charge in [-0.1, -0.05) is 0 Å². The molecule has 2 rings (SSSR count). The van der Waals surface area contributed by atoms with Crippen molar-refractivity contribution in [3.63, 3.8) is 0 Å². The number of hydrogen-bond donors (Lipinski definition) is 1. The summed E-state index contributed by atoms with van der Waals surface area (Å²) in [5.74, 6) is -1.97. The number of ether oxygens (including phenoxy) is 1. The first kappa shape index (κ1) is 18.6. The molecule has 0 spiro atoms. The van der Waals surface area contributed by atoms with Crippen LogP contribution in [0.3, 0.4) is 0 Å². The monoisotopic (exact) mass is 363 g/mol. The Morgan fingerprint density at radius 1 is 1.25 bits per heavy atom. The molecule has 1 aliphatic heterocycles. The highest BCUT2D eigenvalue weighted by Gasteiger charge is 2.23. The lowest BCUT2D eigenvalue weighted by atomic mass is 10.3. The van der Waals surface area contributed by atoms with Crippen LogP contribution in [0.4, 0.5) is 13.6 Å². The van der Waals surface area contributed by atoms with Gasteiger partial charge in [0.1, 0.15) is 16.5 Å². The van der Waals surface area contributed by atoms with Crippen molar-refractivity contribution in [2.24, 2.45) is 0 Å². The summed E-state index contributed by atoms with van der Waals surface area (Å²) in [4.78, 5) is 14.3. The van der Waals surface area contributed by atoms with Gasteiger partial charge in [0.15, 0.2) is 0 Å². The summed E-state index contributed by atoms with van der Waals surface area (Å²) in [5.41, 5.74) is 0. The first-order valence-corrected chi connectivity index (χ1v) is 8.82. The van der Waals surface area contributed by atoms with E-state index in [4.69, 9.17) is 0 Å². The fourth-order valence-corrected chi connectivity index (χ4v) is 3.47. The van der Waals surface area contributed by atoms with E-state index in [1.165, 1.54) is 7.11 Å². The molecule has 10 heteroatoms. The Labute approximate surface area is 139 Å². The van der Waals surface area contributed by atoms with Crippen LogP contribution < -0.4 is 4.72 Å². The van der Waals surface area contributed by atoms with Crippen molar-refractivity contribution in [1.29, 1.82) is 0 Å². The van der Waals surface area contributed by atoms with Crippen molar-refractivity contribution >= 4 is 16.1 Å². The molecule has 1 aliphatic rings. The number of sulfonamides is 1. The molecule has 1 amide bonds. The smallest absolute Gasteiger partial charge is 0.409 e. The Bertz CT molecular complexity index is 691. The third-order valence-electron chi connectivity index (χ3n) is 3.71. The van der Waals surface area contributed by atoms with Gasteiger partial charge in [-0.05, 0) is 12.1 Å². The molecule has 7 nitrogen and oxygen atoms in total. The van der Waals surface area contributed by atoms with E-state index < -0.39 is 26.6 Å². The van der Waals surface area contributed by atoms with Crippen LogP contribution in [0, 0.1) is 11.6 Å². The average molecular weight is 363 g/mol. The third kappa shape index (κ3) is 4.62. The molecule has 0 saturated carbocycles. The number of hydrogen-bond acceptors (Lipinski definition) is 5.